The maximum Gasteiger partial charge on any atom is 0.201 e. The van der Waals surface area contributed by atoms with Crippen LogP contribution in [0.3, 0.4) is 0 Å². The van der Waals surface area contributed by atoms with Crippen LogP contribution in [0.5, 0.6) is 5.75 Å². The van der Waals surface area contributed by atoms with E-state index in [1.807, 2.05) is 12.1 Å². The average molecular weight is 483 g/mol. The molecule has 2 fully saturated rings. The monoisotopic (exact) mass is 482 g/mol. The molecule has 0 saturated heterocycles. The lowest BCUT2D eigenvalue weighted by atomic mass is 9.68. The molecule has 2 aliphatic carbocycles. The number of allylic oxidation sites excluding steroid dienone is 2. The third-order valence-corrected chi connectivity index (χ3v) is 8.26. The quantitative estimate of drug-likeness (QED) is 0.269. The van der Waals surface area contributed by atoms with Crippen molar-refractivity contribution in [3.63, 3.8) is 0 Å². The van der Waals surface area contributed by atoms with E-state index in [4.69, 9.17) is 4.74 Å². The van der Waals surface area contributed by atoms with Crippen LogP contribution in [0.15, 0.2) is 55.3 Å². The summed E-state index contributed by atoms with van der Waals surface area (Å²) in [5, 5.41) is 0. The van der Waals surface area contributed by atoms with Crippen LogP contribution < -0.4 is 4.74 Å². The highest BCUT2D eigenvalue weighted by atomic mass is 19.2. The third kappa shape index (κ3) is 6.20. The van der Waals surface area contributed by atoms with E-state index in [1.165, 1.54) is 56.9 Å². The van der Waals surface area contributed by atoms with Crippen molar-refractivity contribution in [3.05, 3.63) is 89.5 Å². The van der Waals surface area contributed by atoms with Gasteiger partial charge in [-0.2, -0.15) is 4.39 Å². The maximum absolute atomic E-state index is 14.9. The van der Waals surface area contributed by atoms with E-state index in [2.05, 4.69) is 12.7 Å². The minimum atomic E-state index is -1.01. The summed E-state index contributed by atoms with van der Waals surface area (Å²) >= 11 is 0. The first-order valence-electron chi connectivity index (χ1n) is 13.2. The largest absolute Gasteiger partial charge is 0.462 e. The first-order chi connectivity index (χ1) is 17.0. The van der Waals surface area contributed by atoms with Gasteiger partial charge in [-0.25, -0.2) is 8.78 Å². The average Bonchev–Trinajstić information content (AvgIpc) is 2.89. The molecule has 35 heavy (non-hydrogen) atoms. The van der Waals surface area contributed by atoms with Crippen molar-refractivity contribution in [2.45, 2.75) is 77.0 Å². The smallest absolute Gasteiger partial charge is 0.201 e. The molecular formula is C31H37F3O. The van der Waals surface area contributed by atoms with Crippen molar-refractivity contribution in [2.75, 3.05) is 0 Å². The van der Waals surface area contributed by atoms with Crippen LogP contribution in [-0.2, 0) is 12.8 Å². The van der Waals surface area contributed by atoms with Crippen LogP contribution in [0, 0.1) is 35.2 Å². The van der Waals surface area contributed by atoms with E-state index in [0.29, 0.717) is 23.8 Å². The molecule has 0 spiro atoms. The SMILES string of the molecule is C=CC1CCC(C2CCC(c3ccc(CCc4ccc(O/C=C/C)c(F)c4F)c(F)c3)CC2)CC1. The summed E-state index contributed by atoms with van der Waals surface area (Å²) in [6.45, 7) is 5.68. The summed E-state index contributed by atoms with van der Waals surface area (Å²) in [5.41, 5.74) is 1.83. The first-order valence-corrected chi connectivity index (χ1v) is 13.2. The predicted octanol–water partition coefficient (Wildman–Crippen LogP) is 9.07. The number of hydrogen-bond acceptors (Lipinski definition) is 1. The highest BCUT2D eigenvalue weighted by Crippen LogP contribution is 2.44. The zero-order valence-corrected chi connectivity index (χ0v) is 20.7. The fourth-order valence-corrected chi connectivity index (χ4v) is 6.06. The summed E-state index contributed by atoms with van der Waals surface area (Å²) in [7, 11) is 0. The molecule has 2 aliphatic rings. The second-order valence-electron chi connectivity index (χ2n) is 10.3. The molecule has 2 aromatic rings. The van der Waals surface area contributed by atoms with Gasteiger partial charge in [0, 0.05) is 0 Å². The van der Waals surface area contributed by atoms with E-state index < -0.39 is 11.6 Å². The van der Waals surface area contributed by atoms with Crippen molar-refractivity contribution >= 4 is 0 Å². The van der Waals surface area contributed by atoms with E-state index in [0.717, 1.165) is 30.2 Å². The minimum Gasteiger partial charge on any atom is -0.462 e. The maximum atomic E-state index is 14.9. The highest BCUT2D eigenvalue weighted by Gasteiger charge is 2.31. The Balaban J connectivity index is 1.32. The fraction of sp³-hybridized carbons (Fsp3) is 0.484. The first kappa shape index (κ1) is 25.6. The molecule has 1 nitrogen and oxygen atoms in total. The van der Waals surface area contributed by atoms with Crippen molar-refractivity contribution in [1.82, 2.24) is 0 Å². The normalized spacial score (nSPS) is 25.0. The Morgan fingerprint density at radius 3 is 2.09 bits per heavy atom. The standard InChI is InChI=1S/C31H37F3O/c1-3-19-35-29-18-17-26(30(33)31(29)34)15-13-25-14-16-27(20-28(25)32)24-11-9-23(10-12-24)22-7-5-21(4-2)6-8-22/h3-4,14,16-24H,2,5-13,15H2,1H3/b19-3+. The van der Waals surface area contributed by atoms with Crippen molar-refractivity contribution in [3.8, 4) is 5.75 Å². The Kier molecular flexibility index (Phi) is 8.75. The van der Waals surface area contributed by atoms with Crippen LogP contribution >= 0.6 is 0 Å². The molecule has 4 heteroatoms. The Morgan fingerprint density at radius 1 is 0.829 bits per heavy atom. The van der Waals surface area contributed by atoms with Crippen LogP contribution in [0.4, 0.5) is 13.2 Å². The predicted molar refractivity (Wildman–Crippen MR) is 136 cm³/mol. The van der Waals surface area contributed by atoms with E-state index in [1.54, 1.807) is 19.1 Å². The Labute approximate surface area is 208 Å². The molecule has 4 rings (SSSR count). The summed E-state index contributed by atoms with van der Waals surface area (Å²) < 4.78 is 48.6. The topological polar surface area (TPSA) is 9.23 Å². The van der Waals surface area contributed by atoms with Crippen molar-refractivity contribution in [1.29, 1.82) is 0 Å². The van der Waals surface area contributed by atoms with Crippen LogP contribution in [0.25, 0.3) is 0 Å². The molecule has 0 aromatic heterocycles. The van der Waals surface area contributed by atoms with Gasteiger partial charge in [-0.15, -0.1) is 6.58 Å². The molecule has 0 radical (unpaired) electrons. The van der Waals surface area contributed by atoms with E-state index >= 15 is 0 Å². The summed E-state index contributed by atoms with van der Waals surface area (Å²) in [6, 6.07) is 8.44. The van der Waals surface area contributed by atoms with Crippen LogP contribution in [0.2, 0.25) is 0 Å². The fourth-order valence-electron chi connectivity index (χ4n) is 6.06. The van der Waals surface area contributed by atoms with Crippen molar-refractivity contribution in [2.24, 2.45) is 17.8 Å². The van der Waals surface area contributed by atoms with Gasteiger partial charge in [0.1, 0.15) is 5.82 Å². The van der Waals surface area contributed by atoms with E-state index in [-0.39, 0.29) is 23.6 Å². The Morgan fingerprint density at radius 2 is 1.46 bits per heavy atom. The number of rotatable bonds is 8. The number of aryl methyl sites for hydroxylation is 2. The third-order valence-electron chi connectivity index (χ3n) is 8.26. The lowest BCUT2D eigenvalue weighted by Gasteiger charge is -2.37. The molecule has 0 unspecified atom stereocenters. The highest BCUT2D eigenvalue weighted by molar-refractivity contribution is 5.33. The van der Waals surface area contributed by atoms with Gasteiger partial charge in [0.15, 0.2) is 11.6 Å². The van der Waals surface area contributed by atoms with Gasteiger partial charge in [-0.3, -0.25) is 0 Å². The van der Waals surface area contributed by atoms with Gasteiger partial charge in [-0.05, 0) is 124 Å². The number of halogens is 3. The Hall–Kier alpha value is -2.49. The molecule has 188 valence electrons. The molecule has 0 bridgehead atoms. The van der Waals surface area contributed by atoms with Crippen LogP contribution in [0.1, 0.15) is 80.9 Å². The van der Waals surface area contributed by atoms with E-state index in [9.17, 15) is 13.2 Å². The molecule has 0 amide bonds. The zero-order valence-electron chi connectivity index (χ0n) is 20.7. The molecule has 0 atom stereocenters. The zero-order chi connectivity index (χ0) is 24.8. The van der Waals surface area contributed by atoms with Gasteiger partial charge in [0.25, 0.3) is 0 Å². The minimum absolute atomic E-state index is 0.154. The van der Waals surface area contributed by atoms with Crippen LogP contribution in [-0.4, -0.2) is 0 Å². The molecule has 0 aliphatic heterocycles. The number of hydrogen-bond donors (Lipinski definition) is 0. The second kappa shape index (κ2) is 12.0. The van der Waals surface area contributed by atoms with Gasteiger partial charge in [0.05, 0.1) is 6.26 Å². The summed E-state index contributed by atoms with van der Waals surface area (Å²) in [5.74, 6) is 0.429. The molecular weight excluding hydrogens is 445 g/mol. The van der Waals surface area contributed by atoms with Gasteiger partial charge < -0.3 is 4.74 Å². The lowest BCUT2D eigenvalue weighted by Crippen LogP contribution is -2.25. The lowest BCUT2D eigenvalue weighted by molar-refractivity contribution is 0.171. The van der Waals surface area contributed by atoms with Gasteiger partial charge >= 0.3 is 0 Å². The molecule has 0 N–H and O–H groups in total. The number of benzene rings is 2. The van der Waals surface area contributed by atoms with Gasteiger partial charge in [-0.1, -0.05) is 30.4 Å². The second-order valence-corrected chi connectivity index (χ2v) is 10.3. The molecule has 2 aromatic carbocycles. The molecule has 2 saturated carbocycles. The molecule has 0 heterocycles. The van der Waals surface area contributed by atoms with Gasteiger partial charge in [0.2, 0.25) is 5.82 Å². The Bertz CT molecular complexity index is 1030. The summed E-state index contributed by atoms with van der Waals surface area (Å²) in [6.07, 6.45) is 15.5. The van der Waals surface area contributed by atoms with Crippen molar-refractivity contribution < 1.29 is 17.9 Å². The number of ether oxygens (including phenoxy) is 1. The summed E-state index contributed by atoms with van der Waals surface area (Å²) in [4.78, 5) is 0.